The van der Waals surface area contributed by atoms with Crippen molar-refractivity contribution in [3.63, 3.8) is 0 Å². The molecule has 2 fully saturated rings. The zero-order valence-corrected chi connectivity index (χ0v) is 28.0. The molecule has 5 heterocycles. The van der Waals surface area contributed by atoms with E-state index < -0.39 is 0 Å². The summed E-state index contributed by atoms with van der Waals surface area (Å²) in [5.41, 5.74) is 8.65. The van der Waals surface area contributed by atoms with E-state index in [1.165, 1.54) is 0 Å². The van der Waals surface area contributed by atoms with Crippen molar-refractivity contribution < 1.29 is 9.59 Å². The minimum Gasteiger partial charge on any atom is -0.352 e. The minimum absolute atomic E-state index is 0.0738. The van der Waals surface area contributed by atoms with Gasteiger partial charge < -0.3 is 21.3 Å². The lowest BCUT2D eigenvalue weighted by molar-refractivity contribution is -0.120. The van der Waals surface area contributed by atoms with Crippen molar-refractivity contribution in [3.8, 4) is 33.5 Å². The molecule has 10 nitrogen and oxygen atoms in total. The SMILES string of the molecule is Cc1c(-c2ccn3c(=O)c(CNC[C@@H]4CCC(=O)N4)cnc3c2)cccc1-c1cccc(-c2ccc(CNC[C@H]3CCC(=O)N3)cn2)c1Cl. The number of hydrogen-bond donors (Lipinski definition) is 4. The molecule has 2 atom stereocenters. The van der Waals surface area contributed by atoms with E-state index in [1.807, 2.05) is 54.7 Å². The molecule has 0 aliphatic carbocycles. The Morgan fingerprint density at radius 2 is 1.47 bits per heavy atom. The average molecular weight is 676 g/mol. The molecule has 3 aromatic heterocycles. The molecule has 5 aromatic rings. The van der Waals surface area contributed by atoms with E-state index in [9.17, 15) is 14.4 Å². The first-order valence-electron chi connectivity index (χ1n) is 16.7. The number of carbonyl (C=O) groups is 2. The summed E-state index contributed by atoms with van der Waals surface area (Å²) < 4.78 is 1.57. The predicted molar refractivity (Wildman–Crippen MR) is 191 cm³/mol. The van der Waals surface area contributed by atoms with Crippen LogP contribution >= 0.6 is 11.6 Å². The van der Waals surface area contributed by atoms with Crippen LogP contribution in [0.2, 0.25) is 5.02 Å². The van der Waals surface area contributed by atoms with E-state index in [1.54, 1.807) is 16.8 Å². The van der Waals surface area contributed by atoms with Crippen LogP contribution in [-0.4, -0.2) is 51.4 Å². The molecule has 11 heteroatoms. The maximum Gasteiger partial charge on any atom is 0.262 e. The second-order valence-corrected chi connectivity index (χ2v) is 13.2. The van der Waals surface area contributed by atoms with Gasteiger partial charge in [0, 0.05) is 86.4 Å². The third-order valence-electron chi connectivity index (χ3n) is 9.41. The van der Waals surface area contributed by atoms with Gasteiger partial charge in [-0.1, -0.05) is 54.1 Å². The summed E-state index contributed by atoms with van der Waals surface area (Å²) in [5, 5.41) is 13.2. The van der Waals surface area contributed by atoms with Crippen LogP contribution in [0.1, 0.15) is 42.4 Å². The summed E-state index contributed by atoms with van der Waals surface area (Å²) in [4.78, 5) is 45.5. The van der Waals surface area contributed by atoms with Gasteiger partial charge >= 0.3 is 0 Å². The van der Waals surface area contributed by atoms with Gasteiger partial charge in [0.2, 0.25) is 11.8 Å². The van der Waals surface area contributed by atoms with Gasteiger partial charge in [-0.2, -0.15) is 0 Å². The molecular weight excluding hydrogens is 638 g/mol. The fraction of sp³-hybridized carbons (Fsp3) is 0.289. The van der Waals surface area contributed by atoms with E-state index in [-0.39, 0.29) is 29.5 Å². The Morgan fingerprint density at radius 3 is 2.14 bits per heavy atom. The fourth-order valence-electron chi connectivity index (χ4n) is 6.70. The quantitative estimate of drug-likeness (QED) is 0.159. The third kappa shape index (κ3) is 7.12. The highest BCUT2D eigenvalue weighted by Gasteiger charge is 2.21. The number of nitrogens with one attached hydrogen (secondary N) is 4. The number of fused-ring (bicyclic) bond motifs is 1. The minimum atomic E-state index is -0.120. The lowest BCUT2D eigenvalue weighted by Crippen LogP contribution is -2.36. The first kappa shape index (κ1) is 32.6. The van der Waals surface area contributed by atoms with Gasteiger partial charge in [-0.25, -0.2) is 4.98 Å². The van der Waals surface area contributed by atoms with Crippen molar-refractivity contribution in [1.82, 2.24) is 35.6 Å². The summed E-state index contributed by atoms with van der Waals surface area (Å²) in [6, 6.07) is 20.3. The van der Waals surface area contributed by atoms with Crippen molar-refractivity contribution in [2.45, 2.75) is 57.8 Å². The van der Waals surface area contributed by atoms with E-state index in [4.69, 9.17) is 16.6 Å². The van der Waals surface area contributed by atoms with Gasteiger partial charge in [-0.3, -0.25) is 23.8 Å². The lowest BCUT2D eigenvalue weighted by Gasteiger charge is -2.16. The van der Waals surface area contributed by atoms with Crippen molar-refractivity contribution in [2.24, 2.45) is 0 Å². The van der Waals surface area contributed by atoms with Crippen molar-refractivity contribution in [2.75, 3.05) is 13.1 Å². The molecule has 2 aliphatic heterocycles. The number of aromatic nitrogens is 3. The number of amides is 2. The number of nitrogens with zero attached hydrogens (tertiary/aromatic N) is 3. The zero-order chi connectivity index (χ0) is 33.9. The molecule has 250 valence electrons. The molecule has 49 heavy (non-hydrogen) atoms. The second kappa shape index (κ2) is 14.3. The van der Waals surface area contributed by atoms with E-state index >= 15 is 0 Å². The largest absolute Gasteiger partial charge is 0.352 e. The molecule has 2 saturated heterocycles. The summed E-state index contributed by atoms with van der Waals surface area (Å²) in [6.45, 7) is 4.47. The molecule has 2 aromatic carbocycles. The predicted octanol–water partition coefficient (Wildman–Crippen LogP) is 4.79. The average Bonchev–Trinajstić information content (AvgIpc) is 3.73. The lowest BCUT2D eigenvalue weighted by atomic mass is 9.92. The van der Waals surface area contributed by atoms with E-state index in [2.05, 4.69) is 45.3 Å². The molecule has 0 spiro atoms. The number of hydrogen-bond acceptors (Lipinski definition) is 7. The highest BCUT2D eigenvalue weighted by atomic mass is 35.5. The van der Waals surface area contributed by atoms with Gasteiger partial charge in [0.05, 0.1) is 10.7 Å². The van der Waals surface area contributed by atoms with Crippen LogP contribution in [0.25, 0.3) is 39.2 Å². The van der Waals surface area contributed by atoms with Crippen LogP contribution in [0.4, 0.5) is 0 Å². The highest BCUT2D eigenvalue weighted by molar-refractivity contribution is 6.36. The number of benzene rings is 2. The molecule has 2 amide bonds. The Balaban J connectivity index is 1.07. The normalized spacial score (nSPS) is 17.4. The van der Waals surface area contributed by atoms with E-state index in [0.717, 1.165) is 64.0 Å². The number of halogens is 1. The first-order valence-corrected chi connectivity index (χ1v) is 17.1. The monoisotopic (exact) mass is 675 g/mol. The summed E-state index contributed by atoms with van der Waals surface area (Å²) in [7, 11) is 0. The van der Waals surface area contributed by atoms with Gasteiger partial charge in [-0.05, 0) is 65.8 Å². The summed E-state index contributed by atoms with van der Waals surface area (Å²) in [5.74, 6) is 0.195. The molecule has 7 rings (SSSR count). The number of rotatable bonds is 11. The Labute approximate surface area is 289 Å². The Bertz CT molecular complexity index is 2100. The van der Waals surface area contributed by atoms with Crippen LogP contribution in [0.5, 0.6) is 0 Å². The molecule has 0 radical (unpaired) electrons. The van der Waals surface area contributed by atoms with Crippen LogP contribution in [0.15, 0.2) is 84.0 Å². The van der Waals surface area contributed by atoms with Gasteiger partial charge in [0.1, 0.15) is 5.65 Å². The summed E-state index contributed by atoms with van der Waals surface area (Å²) in [6.07, 6.45) is 8.08. The number of pyridine rings is 2. The molecule has 0 saturated carbocycles. The fourth-order valence-corrected chi connectivity index (χ4v) is 7.03. The molecular formula is C38H38ClN7O3. The maximum absolute atomic E-state index is 13.3. The Kier molecular flexibility index (Phi) is 9.52. The van der Waals surface area contributed by atoms with E-state index in [0.29, 0.717) is 48.7 Å². The third-order valence-corrected chi connectivity index (χ3v) is 9.82. The van der Waals surface area contributed by atoms with Gasteiger partial charge in [-0.15, -0.1) is 0 Å². The standard InChI is InChI=1S/C38H38ClN7O3/c1-23-29(25-14-15-46-34(16-25)43-20-26(38(46)49)19-41-22-28-10-13-36(48)45-28)4-2-5-30(23)31-6-3-7-32(37(31)39)33-11-8-24(18-42-33)17-40-21-27-9-12-35(47)44-27/h2-8,11,14-16,18,20,27-28,40-41H,9-10,12-13,17,19,21-22H2,1H3,(H,44,47)(H,45,48)/t27-,28+/m1/s1. The van der Waals surface area contributed by atoms with Crippen molar-refractivity contribution >= 4 is 29.1 Å². The molecule has 0 bridgehead atoms. The van der Waals surface area contributed by atoms with Gasteiger partial charge in [0.25, 0.3) is 5.56 Å². The highest BCUT2D eigenvalue weighted by Crippen LogP contribution is 2.39. The van der Waals surface area contributed by atoms with Crippen LogP contribution in [0, 0.1) is 6.92 Å². The van der Waals surface area contributed by atoms with Crippen LogP contribution < -0.4 is 26.8 Å². The smallest absolute Gasteiger partial charge is 0.262 e. The zero-order valence-electron chi connectivity index (χ0n) is 27.3. The molecule has 4 N–H and O–H groups in total. The van der Waals surface area contributed by atoms with Gasteiger partial charge in [0.15, 0.2) is 0 Å². The topological polar surface area (TPSA) is 130 Å². The summed E-state index contributed by atoms with van der Waals surface area (Å²) >= 11 is 7.09. The van der Waals surface area contributed by atoms with Crippen molar-refractivity contribution in [3.05, 3.63) is 111 Å². The Hall–Kier alpha value is -4.90. The van der Waals surface area contributed by atoms with Crippen molar-refractivity contribution in [1.29, 1.82) is 0 Å². The maximum atomic E-state index is 13.3. The molecule has 2 aliphatic rings. The van der Waals surface area contributed by atoms with Crippen LogP contribution in [0.3, 0.4) is 0 Å². The number of carbonyl (C=O) groups excluding carboxylic acids is 2. The second-order valence-electron chi connectivity index (χ2n) is 12.8. The first-order chi connectivity index (χ1) is 23.8. The molecule has 0 unspecified atom stereocenters. The Morgan fingerprint density at radius 1 is 0.796 bits per heavy atom. The van der Waals surface area contributed by atoms with Crippen LogP contribution in [-0.2, 0) is 22.7 Å².